The lowest BCUT2D eigenvalue weighted by molar-refractivity contribution is 0.0929. The number of nitrogens with one attached hydrogen (secondary N) is 3. The van der Waals surface area contributed by atoms with E-state index in [0.29, 0.717) is 11.5 Å². The highest BCUT2D eigenvalue weighted by atomic mass is 16.1. The predicted octanol–water partition coefficient (Wildman–Crippen LogP) is 0.138. The van der Waals surface area contributed by atoms with Crippen molar-refractivity contribution in [3.05, 3.63) is 18.0 Å². The molecule has 1 aliphatic heterocycles. The van der Waals surface area contributed by atoms with E-state index in [1.54, 1.807) is 6.20 Å². The minimum Gasteiger partial charge on any atom is -0.349 e. The SMILES string of the molecule is CC(NC(=O)c1cn[nH]c1)C1CCNC1. The van der Waals surface area contributed by atoms with Gasteiger partial charge in [-0.05, 0) is 32.4 Å². The zero-order valence-electron chi connectivity index (χ0n) is 8.79. The van der Waals surface area contributed by atoms with Crippen molar-refractivity contribution in [3.8, 4) is 0 Å². The maximum atomic E-state index is 11.7. The number of aromatic amines is 1. The fourth-order valence-corrected chi connectivity index (χ4v) is 1.89. The summed E-state index contributed by atoms with van der Waals surface area (Å²) in [6.45, 7) is 4.10. The Morgan fingerprint density at radius 3 is 3.20 bits per heavy atom. The number of carbonyl (C=O) groups excluding carboxylic acids is 1. The number of nitrogens with zero attached hydrogens (tertiary/aromatic N) is 1. The molecule has 0 aliphatic carbocycles. The molecule has 2 unspecified atom stereocenters. The van der Waals surface area contributed by atoms with Crippen LogP contribution in [0.15, 0.2) is 12.4 Å². The van der Waals surface area contributed by atoms with Gasteiger partial charge in [-0.3, -0.25) is 9.89 Å². The Hall–Kier alpha value is -1.36. The molecule has 2 heterocycles. The van der Waals surface area contributed by atoms with Crippen LogP contribution in [0.2, 0.25) is 0 Å². The second kappa shape index (κ2) is 4.44. The molecule has 0 spiro atoms. The van der Waals surface area contributed by atoms with Crippen LogP contribution < -0.4 is 10.6 Å². The van der Waals surface area contributed by atoms with Gasteiger partial charge in [-0.25, -0.2) is 0 Å². The third-order valence-corrected chi connectivity index (χ3v) is 2.92. The quantitative estimate of drug-likeness (QED) is 0.661. The van der Waals surface area contributed by atoms with Gasteiger partial charge < -0.3 is 10.6 Å². The first kappa shape index (κ1) is 10.2. The fraction of sp³-hybridized carbons (Fsp3) is 0.600. The highest BCUT2D eigenvalue weighted by Gasteiger charge is 2.22. The lowest BCUT2D eigenvalue weighted by atomic mass is 10.0. The molecule has 0 radical (unpaired) electrons. The molecule has 2 atom stereocenters. The van der Waals surface area contributed by atoms with Crippen LogP contribution in [-0.4, -0.2) is 35.2 Å². The van der Waals surface area contributed by atoms with Crippen LogP contribution in [0.25, 0.3) is 0 Å². The second-order valence-electron chi connectivity index (χ2n) is 4.00. The van der Waals surface area contributed by atoms with Crippen molar-refractivity contribution >= 4 is 5.91 Å². The van der Waals surface area contributed by atoms with Crippen molar-refractivity contribution < 1.29 is 4.79 Å². The molecule has 1 aliphatic rings. The number of hydrogen-bond donors (Lipinski definition) is 3. The molecule has 0 aromatic carbocycles. The molecular formula is C10H16N4O. The molecule has 1 fully saturated rings. The van der Waals surface area contributed by atoms with E-state index >= 15 is 0 Å². The van der Waals surface area contributed by atoms with Gasteiger partial charge in [0.2, 0.25) is 0 Å². The minimum absolute atomic E-state index is 0.0526. The topological polar surface area (TPSA) is 69.8 Å². The maximum Gasteiger partial charge on any atom is 0.254 e. The summed E-state index contributed by atoms with van der Waals surface area (Å²) in [5.74, 6) is 0.490. The van der Waals surface area contributed by atoms with Gasteiger partial charge in [0.25, 0.3) is 5.91 Å². The minimum atomic E-state index is -0.0526. The van der Waals surface area contributed by atoms with Crippen molar-refractivity contribution in [2.24, 2.45) is 5.92 Å². The van der Waals surface area contributed by atoms with E-state index in [1.807, 2.05) is 0 Å². The molecule has 1 saturated heterocycles. The molecule has 1 amide bonds. The van der Waals surface area contributed by atoms with Crippen molar-refractivity contribution in [3.63, 3.8) is 0 Å². The van der Waals surface area contributed by atoms with Crippen LogP contribution in [0, 0.1) is 5.92 Å². The van der Waals surface area contributed by atoms with Gasteiger partial charge in [0, 0.05) is 12.2 Å². The van der Waals surface area contributed by atoms with Gasteiger partial charge in [0.05, 0.1) is 11.8 Å². The predicted molar refractivity (Wildman–Crippen MR) is 56.5 cm³/mol. The number of amides is 1. The smallest absolute Gasteiger partial charge is 0.254 e. The first-order valence-electron chi connectivity index (χ1n) is 5.27. The Morgan fingerprint density at radius 2 is 2.60 bits per heavy atom. The first-order chi connectivity index (χ1) is 7.27. The average Bonchev–Trinajstić information content (AvgIpc) is 2.91. The number of aromatic nitrogens is 2. The zero-order chi connectivity index (χ0) is 10.7. The van der Waals surface area contributed by atoms with E-state index in [4.69, 9.17) is 0 Å². The van der Waals surface area contributed by atoms with Crippen LogP contribution in [0.4, 0.5) is 0 Å². The van der Waals surface area contributed by atoms with Gasteiger partial charge in [-0.1, -0.05) is 0 Å². The average molecular weight is 208 g/mol. The van der Waals surface area contributed by atoms with Crippen molar-refractivity contribution in [2.45, 2.75) is 19.4 Å². The monoisotopic (exact) mass is 208 g/mol. The lowest BCUT2D eigenvalue weighted by Crippen LogP contribution is -2.38. The largest absolute Gasteiger partial charge is 0.349 e. The molecule has 15 heavy (non-hydrogen) atoms. The Morgan fingerprint density at radius 1 is 1.73 bits per heavy atom. The summed E-state index contributed by atoms with van der Waals surface area (Å²) < 4.78 is 0. The van der Waals surface area contributed by atoms with E-state index < -0.39 is 0 Å². The Kier molecular flexibility index (Phi) is 3.01. The highest BCUT2D eigenvalue weighted by molar-refractivity contribution is 5.93. The van der Waals surface area contributed by atoms with E-state index in [1.165, 1.54) is 6.20 Å². The number of H-pyrrole nitrogens is 1. The van der Waals surface area contributed by atoms with Crippen molar-refractivity contribution in [2.75, 3.05) is 13.1 Å². The summed E-state index contributed by atoms with van der Waals surface area (Å²) >= 11 is 0. The number of rotatable bonds is 3. The Bertz CT molecular complexity index is 316. The summed E-state index contributed by atoms with van der Waals surface area (Å²) in [4.78, 5) is 11.7. The van der Waals surface area contributed by atoms with Gasteiger partial charge >= 0.3 is 0 Å². The van der Waals surface area contributed by atoms with Crippen LogP contribution in [0.1, 0.15) is 23.7 Å². The standard InChI is InChI=1S/C10H16N4O/c1-7(8-2-3-11-4-8)14-10(15)9-5-12-13-6-9/h5-8,11H,2-4H2,1H3,(H,12,13)(H,14,15). The summed E-state index contributed by atoms with van der Waals surface area (Å²) in [5, 5.41) is 12.7. The number of carbonyl (C=O) groups is 1. The van der Waals surface area contributed by atoms with Crippen molar-refractivity contribution in [1.82, 2.24) is 20.8 Å². The summed E-state index contributed by atoms with van der Waals surface area (Å²) in [6.07, 6.45) is 4.27. The molecule has 1 aromatic rings. The summed E-state index contributed by atoms with van der Waals surface area (Å²) in [6, 6.07) is 0.211. The molecule has 5 heteroatoms. The Balaban J connectivity index is 1.88. The molecule has 2 rings (SSSR count). The second-order valence-corrected chi connectivity index (χ2v) is 4.00. The van der Waals surface area contributed by atoms with E-state index in [-0.39, 0.29) is 11.9 Å². The molecule has 0 bridgehead atoms. The van der Waals surface area contributed by atoms with Crippen LogP contribution in [0.5, 0.6) is 0 Å². The first-order valence-corrected chi connectivity index (χ1v) is 5.27. The van der Waals surface area contributed by atoms with Gasteiger partial charge in [-0.2, -0.15) is 5.10 Å². The number of hydrogen-bond acceptors (Lipinski definition) is 3. The zero-order valence-corrected chi connectivity index (χ0v) is 8.79. The third kappa shape index (κ3) is 2.36. The Labute approximate surface area is 88.6 Å². The van der Waals surface area contributed by atoms with E-state index in [0.717, 1.165) is 19.5 Å². The molecular weight excluding hydrogens is 192 g/mol. The van der Waals surface area contributed by atoms with Crippen LogP contribution in [0.3, 0.4) is 0 Å². The summed E-state index contributed by atoms with van der Waals surface area (Å²) in [5.41, 5.74) is 0.591. The molecule has 5 nitrogen and oxygen atoms in total. The van der Waals surface area contributed by atoms with Gasteiger partial charge in [-0.15, -0.1) is 0 Å². The van der Waals surface area contributed by atoms with Gasteiger partial charge in [0.1, 0.15) is 0 Å². The third-order valence-electron chi connectivity index (χ3n) is 2.92. The maximum absolute atomic E-state index is 11.7. The molecule has 82 valence electrons. The normalized spacial score (nSPS) is 22.6. The lowest BCUT2D eigenvalue weighted by Gasteiger charge is -2.19. The van der Waals surface area contributed by atoms with E-state index in [9.17, 15) is 4.79 Å². The molecule has 0 saturated carbocycles. The van der Waals surface area contributed by atoms with Crippen molar-refractivity contribution in [1.29, 1.82) is 0 Å². The van der Waals surface area contributed by atoms with Crippen LogP contribution in [-0.2, 0) is 0 Å². The van der Waals surface area contributed by atoms with Crippen LogP contribution >= 0.6 is 0 Å². The van der Waals surface area contributed by atoms with E-state index in [2.05, 4.69) is 27.8 Å². The van der Waals surface area contributed by atoms with Gasteiger partial charge in [0.15, 0.2) is 0 Å². The molecule has 1 aromatic heterocycles. The fourth-order valence-electron chi connectivity index (χ4n) is 1.89. The molecule has 3 N–H and O–H groups in total. The highest BCUT2D eigenvalue weighted by Crippen LogP contribution is 2.12. The summed E-state index contributed by atoms with van der Waals surface area (Å²) in [7, 11) is 0.